The van der Waals surface area contributed by atoms with Gasteiger partial charge in [0.05, 0.1) is 12.2 Å². The van der Waals surface area contributed by atoms with Crippen molar-refractivity contribution in [2.45, 2.75) is 37.3 Å². The Morgan fingerprint density at radius 1 is 1.44 bits per heavy atom. The number of methoxy groups -OCH3 is 1. The van der Waals surface area contributed by atoms with Gasteiger partial charge < -0.3 is 10.1 Å². The second-order valence-corrected chi connectivity index (χ2v) is 5.68. The highest BCUT2D eigenvalue weighted by atomic mass is 79.9. The topological polar surface area (TPSA) is 45.0 Å². The molecule has 4 heteroatoms. The molecule has 3 nitrogen and oxygen atoms in total. The zero-order valence-corrected chi connectivity index (χ0v) is 12.0. The van der Waals surface area contributed by atoms with Crippen LogP contribution < -0.4 is 5.32 Å². The van der Waals surface area contributed by atoms with E-state index in [2.05, 4.69) is 27.3 Å². The summed E-state index contributed by atoms with van der Waals surface area (Å²) in [4.78, 5) is 0. The molecule has 1 aliphatic carbocycles. The van der Waals surface area contributed by atoms with E-state index in [1.54, 1.807) is 7.11 Å². The van der Waals surface area contributed by atoms with Crippen molar-refractivity contribution in [3.63, 3.8) is 0 Å². The molecule has 2 rings (SSSR count). The standard InChI is InChI=1S/C14H17BrN2O/c1-18-13-5-7-14(10-16,8-6-13)17-12-4-2-3-11(15)9-12/h2-4,9,13,17H,5-8H2,1H3. The minimum Gasteiger partial charge on any atom is -0.381 e. The molecule has 0 saturated heterocycles. The third kappa shape index (κ3) is 3.04. The van der Waals surface area contributed by atoms with Crippen LogP contribution in [0, 0.1) is 11.3 Å². The van der Waals surface area contributed by atoms with Crippen molar-refractivity contribution in [2.24, 2.45) is 0 Å². The second kappa shape index (κ2) is 5.73. The number of halogens is 1. The highest BCUT2D eigenvalue weighted by Crippen LogP contribution is 2.33. The van der Waals surface area contributed by atoms with Crippen LogP contribution in [0.2, 0.25) is 0 Å². The van der Waals surface area contributed by atoms with Gasteiger partial charge >= 0.3 is 0 Å². The first-order valence-electron chi connectivity index (χ1n) is 6.15. The van der Waals surface area contributed by atoms with Crippen molar-refractivity contribution in [3.8, 4) is 6.07 Å². The number of hydrogen-bond donors (Lipinski definition) is 1. The van der Waals surface area contributed by atoms with Crippen LogP contribution in [0.5, 0.6) is 0 Å². The maximum Gasteiger partial charge on any atom is 0.125 e. The van der Waals surface area contributed by atoms with Crippen molar-refractivity contribution >= 4 is 21.6 Å². The van der Waals surface area contributed by atoms with Crippen LogP contribution in [-0.4, -0.2) is 18.8 Å². The van der Waals surface area contributed by atoms with E-state index < -0.39 is 5.54 Å². The van der Waals surface area contributed by atoms with Gasteiger partial charge in [0.25, 0.3) is 0 Å². The number of nitrogens with one attached hydrogen (secondary N) is 1. The Balaban J connectivity index is 2.08. The highest BCUT2D eigenvalue weighted by molar-refractivity contribution is 9.10. The molecule has 0 bridgehead atoms. The molecule has 1 N–H and O–H groups in total. The van der Waals surface area contributed by atoms with Gasteiger partial charge in [0.2, 0.25) is 0 Å². The molecular weight excluding hydrogens is 292 g/mol. The molecule has 1 saturated carbocycles. The summed E-state index contributed by atoms with van der Waals surface area (Å²) >= 11 is 3.44. The van der Waals surface area contributed by atoms with E-state index in [9.17, 15) is 5.26 Å². The molecule has 0 heterocycles. The molecule has 1 fully saturated rings. The number of anilines is 1. The number of nitriles is 1. The van der Waals surface area contributed by atoms with E-state index in [1.165, 1.54) is 0 Å². The Labute approximate surface area is 116 Å². The van der Waals surface area contributed by atoms with Gasteiger partial charge in [-0.15, -0.1) is 0 Å². The van der Waals surface area contributed by atoms with Crippen molar-refractivity contribution in [1.82, 2.24) is 0 Å². The number of hydrogen-bond acceptors (Lipinski definition) is 3. The molecule has 0 aliphatic heterocycles. The van der Waals surface area contributed by atoms with E-state index >= 15 is 0 Å². The highest BCUT2D eigenvalue weighted by Gasteiger charge is 2.35. The molecule has 18 heavy (non-hydrogen) atoms. The molecule has 0 amide bonds. The zero-order chi connectivity index (χ0) is 13.0. The van der Waals surface area contributed by atoms with Crippen LogP contribution in [0.25, 0.3) is 0 Å². The van der Waals surface area contributed by atoms with Gasteiger partial charge in [0, 0.05) is 17.3 Å². The first-order valence-corrected chi connectivity index (χ1v) is 6.94. The first-order chi connectivity index (χ1) is 8.67. The lowest BCUT2D eigenvalue weighted by Gasteiger charge is -2.35. The number of benzene rings is 1. The average Bonchev–Trinajstić information content (AvgIpc) is 2.39. The predicted octanol–water partition coefficient (Wildman–Crippen LogP) is 3.71. The number of rotatable bonds is 3. The first kappa shape index (κ1) is 13.4. The molecule has 96 valence electrons. The largest absolute Gasteiger partial charge is 0.381 e. The lowest BCUT2D eigenvalue weighted by Crippen LogP contribution is -2.42. The smallest absolute Gasteiger partial charge is 0.125 e. The molecule has 0 atom stereocenters. The lowest BCUT2D eigenvalue weighted by molar-refractivity contribution is 0.0612. The van der Waals surface area contributed by atoms with E-state index in [0.717, 1.165) is 35.8 Å². The minimum atomic E-state index is -0.449. The maximum absolute atomic E-state index is 9.47. The summed E-state index contributed by atoms with van der Waals surface area (Å²) in [6, 6.07) is 10.4. The second-order valence-electron chi connectivity index (χ2n) is 4.76. The quantitative estimate of drug-likeness (QED) is 0.925. The summed E-state index contributed by atoms with van der Waals surface area (Å²) in [5.74, 6) is 0. The Bertz CT molecular complexity index is 447. The summed E-state index contributed by atoms with van der Waals surface area (Å²) in [6.45, 7) is 0. The van der Waals surface area contributed by atoms with Gasteiger partial charge in [-0.25, -0.2) is 0 Å². The van der Waals surface area contributed by atoms with Crippen LogP contribution in [0.4, 0.5) is 5.69 Å². The molecule has 1 aromatic rings. The van der Waals surface area contributed by atoms with Crippen molar-refractivity contribution in [1.29, 1.82) is 5.26 Å². The Kier molecular flexibility index (Phi) is 4.26. The maximum atomic E-state index is 9.47. The van der Waals surface area contributed by atoms with Gasteiger partial charge in [0.15, 0.2) is 0 Å². The summed E-state index contributed by atoms with van der Waals surface area (Å²) in [6.07, 6.45) is 3.83. The van der Waals surface area contributed by atoms with E-state index in [-0.39, 0.29) is 0 Å². The normalized spacial score (nSPS) is 27.5. The van der Waals surface area contributed by atoms with Crippen LogP contribution >= 0.6 is 15.9 Å². The van der Waals surface area contributed by atoms with Gasteiger partial charge in [-0.05, 0) is 43.9 Å². The fourth-order valence-electron chi connectivity index (χ4n) is 2.43. The third-order valence-corrected chi connectivity index (χ3v) is 4.04. The Hall–Kier alpha value is -1.05. The molecule has 0 aromatic heterocycles. The Morgan fingerprint density at radius 3 is 2.72 bits per heavy atom. The van der Waals surface area contributed by atoms with Crippen LogP contribution in [0.15, 0.2) is 28.7 Å². The summed E-state index contributed by atoms with van der Waals surface area (Å²) in [5, 5.41) is 12.8. The molecule has 0 radical (unpaired) electrons. The summed E-state index contributed by atoms with van der Waals surface area (Å²) in [5.41, 5.74) is 0.539. The van der Waals surface area contributed by atoms with Crippen molar-refractivity contribution in [2.75, 3.05) is 12.4 Å². The fourth-order valence-corrected chi connectivity index (χ4v) is 2.83. The van der Waals surface area contributed by atoms with Gasteiger partial charge in [0.1, 0.15) is 5.54 Å². The monoisotopic (exact) mass is 308 g/mol. The van der Waals surface area contributed by atoms with Gasteiger partial charge in [-0.2, -0.15) is 5.26 Å². The summed E-state index contributed by atoms with van der Waals surface area (Å²) < 4.78 is 6.37. The third-order valence-electron chi connectivity index (χ3n) is 3.54. The van der Waals surface area contributed by atoms with Crippen LogP contribution in [-0.2, 0) is 4.74 Å². The number of nitrogens with zero attached hydrogens (tertiary/aromatic N) is 1. The van der Waals surface area contributed by atoms with E-state index in [4.69, 9.17) is 4.74 Å². The Morgan fingerprint density at radius 2 is 2.17 bits per heavy atom. The van der Waals surface area contributed by atoms with E-state index in [1.807, 2.05) is 24.3 Å². The van der Waals surface area contributed by atoms with E-state index in [0.29, 0.717) is 6.10 Å². The predicted molar refractivity (Wildman–Crippen MR) is 75.4 cm³/mol. The molecular formula is C14H17BrN2O. The zero-order valence-electron chi connectivity index (χ0n) is 10.4. The minimum absolute atomic E-state index is 0.302. The molecule has 0 unspecified atom stereocenters. The average molecular weight is 309 g/mol. The molecule has 1 aromatic carbocycles. The lowest BCUT2D eigenvalue weighted by atomic mass is 9.81. The fraction of sp³-hybridized carbons (Fsp3) is 0.500. The van der Waals surface area contributed by atoms with Crippen molar-refractivity contribution in [3.05, 3.63) is 28.7 Å². The number of ether oxygens (including phenoxy) is 1. The molecule has 1 aliphatic rings. The molecule has 0 spiro atoms. The van der Waals surface area contributed by atoms with Gasteiger partial charge in [-0.3, -0.25) is 0 Å². The van der Waals surface area contributed by atoms with Gasteiger partial charge in [-0.1, -0.05) is 22.0 Å². The van der Waals surface area contributed by atoms with Crippen LogP contribution in [0.1, 0.15) is 25.7 Å². The van der Waals surface area contributed by atoms with Crippen molar-refractivity contribution < 1.29 is 4.74 Å². The SMILES string of the molecule is COC1CCC(C#N)(Nc2cccc(Br)c2)CC1. The summed E-state index contributed by atoms with van der Waals surface area (Å²) in [7, 11) is 1.74. The van der Waals surface area contributed by atoms with Crippen LogP contribution in [0.3, 0.4) is 0 Å².